The van der Waals surface area contributed by atoms with Crippen molar-refractivity contribution in [2.75, 3.05) is 26.2 Å². The van der Waals surface area contributed by atoms with Crippen molar-refractivity contribution in [2.24, 2.45) is 5.73 Å². The molecule has 0 radical (unpaired) electrons. The van der Waals surface area contributed by atoms with Gasteiger partial charge in [-0.15, -0.1) is 0 Å². The van der Waals surface area contributed by atoms with Gasteiger partial charge in [0, 0.05) is 26.2 Å². The van der Waals surface area contributed by atoms with Crippen LogP contribution in [0.4, 0.5) is 0 Å². The molecule has 21 heavy (non-hydrogen) atoms. The van der Waals surface area contributed by atoms with Gasteiger partial charge in [-0.25, -0.2) is 8.42 Å². The molecule has 8 heteroatoms. The minimum Gasteiger partial charge on any atom is -0.339 e. The van der Waals surface area contributed by atoms with Crippen LogP contribution < -0.4 is 5.73 Å². The largest absolute Gasteiger partial charge is 0.339 e. The van der Waals surface area contributed by atoms with Gasteiger partial charge in [0.2, 0.25) is 15.9 Å². The summed E-state index contributed by atoms with van der Waals surface area (Å²) in [7, 11) is -3.63. The highest BCUT2D eigenvalue weighted by Gasteiger charge is 2.31. The van der Waals surface area contributed by atoms with E-state index in [0.717, 1.165) is 0 Å². The van der Waals surface area contributed by atoms with Crippen molar-refractivity contribution < 1.29 is 13.2 Å². The Bertz CT molecular complexity index is 625. The Morgan fingerprint density at radius 1 is 1.24 bits per heavy atom. The lowest BCUT2D eigenvalue weighted by atomic mass is 10.2. The number of nitrogens with zero attached hydrogens (tertiary/aromatic N) is 2. The average molecular weight is 332 g/mol. The van der Waals surface area contributed by atoms with Crippen molar-refractivity contribution in [3.8, 4) is 0 Å². The molecule has 0 aliphatic carbocycles. The minimum atomic E-state index is -3.63. The molecule has 1 atom stereocenters. The van der Waals surface area contributed by atoms with Gasteiger partial charge in [0.1, 0.15) is 4.90 Å². The first-order valence-corrected chi connectivity index (χ1v) is 8.45. The lowest BCUT2D eigenvalue weighted by Gasteiger charge is -2.34. The van der Waals surface area contributed by atoms with Crippen LogP contribution in [0, 0.1) is 0 Å². The van der Waals surface area contributed by atoms with E-state index in [4.69, 9.17) is 17.3 Å². The van der Waals surface area contributed by atoms with Gasteiger partial charge >= 0.3 is 0 Å². The molecule has 1 aromatic carbocycles. The number of halogens is 1. The van der Waals surface area contributed by atoms with Crippen LogP contribution in [0.1, 0.15) is 6.92 Å². The summed E-state index contributed by atoms with van der Waals surface area (Å²) in [5.41, 5.74) is 5.56. The molecule has 0 aromatic heterocycles. The SMILES string of the molecule is C[C@@H](N)C(=O)N1CCN(S(=O)(=O)c2ccccc2Cl)CC1. The summed E-state index contributed by atoms with van der Waals surface area (Å²) in [6.45, 7) is 2.78. The van der Waals surface area contributed by atoms with Crippen LogP contribution in [0.3, 0.4) is 0 Å². The van der Waals surface area contributed by atoms with Crippen LogP contribution in [0.5, 0.6) is 0 Å². The summed E-state index contributed by atoms with van der Waals surface area (Å²) in [5.74, 6) is -0.162. The van der Waals surface area contributed by atoms with Crippen molar-refractivity contribution in [1.29, 1.82) is 0 Å². The molecule has 1 amide bonds. The fraction of sp³-hybridized carbons (Fsp3) is 0.462. The zero-order valence-electron chi connectivity index (χ0n) is 11.7. The van der Waals surface area contributed by atoms with E-state index in [1.54, 1.807) is 30.0 Å². The van der Waals surface area contributed by atoms with Gasteiger partial charge in [-0.1, -0.05) is 23.7 Å². The highest BCUT2D eigenvalue weighted by Crippen LogP contribution is 2.24. The fourth-order valence-corrected chi connectivity index (χ4v) is 4.15. The zero-order chi connectivity index (χ0) is 15.6. The monoisotopic (exact) mass is 331 g/mol. The maximum absolute atomic E-state index is 12.5. The molecule has 116 valence electrons. The second-order valence-electron chi connectivity index (χ2n) is 4.95. The van der Waals surface area contributed by atoms with Gasteiger partial charge < -0.3 is 10.6 Å². The number of nitrogens with two attached hydrogens (primary N) is 1. The van der Waals surface area contributed by atoms with E-state index in [9.17, 15) is 13.2 Å². The van der Waals surface area contributed by atoms with Gasteiger partial charge in [-0.3, -0.25) is 4.79 Å². The second-order valence-corrected chi connectivity index (χ2v) is 7.26. The van der Waals surface area contributed by atoms with E-state index < -0.39 is 16.1 Å². The molecule has 1 aromatic rings. The third kappa shape index (κ3) is 3.37. The number of carbonyl (C=O) groups excluding carboxylic acids is 1. The highest BCUT2D eigenvalue weighted by molar-refractivity contribution is 7.89. The number of sulfonamides is 1. The second kappa shape index (κ2) is 6.31. The lowest BCUT2D eigenvalue weighted by molar-refractivity contribution is -0.133. The number of benzene rings is 1. The fourth-order valence-electron chi connectivity index (χ4n) is 2.23. The Labute approximate surface area is 129 Å². The van der Waals surface area contributed by atoms with Crippen LogP contribution >= 0.6 is 11.6 Å². The maximum Gasteiger partial charge on any atom is 0.244 e. The molecule has 0 saturated carbocycles. The van der Waals surface area contributed by atoms with Crippen molar-refractivity contribution in [1.82, 2.24) is 9.21 Å². The molecule has 0 spiro atoms. The Morgan fingerprint density at radius 3 is 2.33 bits per heavy atom. The van der Waals surface area contributed by atoms with E-state index in [1.807, 2.05) is 0 Å². The van der Waals surface area contributed by atoms with Crippen LogP contribution in [0.25, 0.3) is 0 Å². The van der Waals surface area contributed by atoms with Gasteiger partial charge in [0.05, 0.1) is 11.1 Å². The van der Waals surface area contributed by atoms with E-state index in [1.165, 1.54) is 10.4 Å². The minimum absolute atomic E-state index is 0.0960. The van der Waals surface area contributed by atoms with E-state index in [0.29, 0.717) is 13.1 Å². The van der Waals surface area contributed by atoms with Crippen molar-refractivity contribution in [2.45, 2.75) is 17.9 Å². The number of rotatable bonds is 3. The molecule has 1 heterocycles. The molecule has 2 N–H and O–H groups in total. The van der Waals surface area contributed by atoms with Crippen LogP contribution in [0.15, 0.2) is 29.2 Å². The van der Waals surface area contributed by atoms with Crippen molar-refractivity contribution in [3.63, 3.8) is 0 Å². The molecule has 1 saturated heterocycles. The third-order valence-corrected chi connectivity index (χ3v) is 5.79. The Hall–Kier alpha value is -1.15. The highest BCUT2D eigenvalue weighted by atomic mass is 35.5. The molecule has 0 unspecified atom stereocenters. The lowest BCUT2D eigenvalue weighted by Crippen LogP contribution is -2.53. The van der Waals surface area contributed by atoms with Gasteiger partial charge in [-0.05, 0) is 19.1 Å². The summed E-state index contributed by atoms with van der Waals surface area (Å²) in [6.07, 6.45) is 0. The standard InChI is InChI=1S/C13H18ClN3O3S/c1-10(15)13(18)16-6-8-17(9-7-16)21(19,20)12-5-3-2-4-11(12)14/h2-5,10H,6-9,15H2,1H3/t10-/m1/s1. The van der Waals surface area contributed by atoms with Gasteiger partial charge in [-0.2, -0.15) is 4.31 Å². The topological polar surface area (TPSA) is 83.7 Å². The molecule has 1 fully saturated rings. The van der Waals surface area contributed by atoms with Gasteiger partial charge in [0.25, 0.3) is 0 Å². The molecule has 0 bridgehead atoms. The quantitative estimate of drug-likeness (QED) is 0.875. The number of hydrogen-bond acceptors (Lipinski definition) is 4. The molecule has 1 aliphatic rings. The third-order valence-electron chi connectivity index (χ3n) is 3.39. The molecule has 6 nitrogen and oxygen atoms in total. The Kier molecular flexibility index (Phi) is 4.88. The first-order chi connectivity index (χ1) is 9.84. The number of amides is 1. The normalized spacial score (nSPS) is 18.5. The van der Waals surface area contributed by atoms with E-state index in [2.05, 4.69) is 0 Å². The van der Waals surface area contributed by atoms with Crippen LogP contribution in [-0.2, 0) is 14.8 Å². The van der Waals surface area contributed by atoms with E-state index >= 15 is 0 Å². The van der Waals surface area contributed by atoms with Crippen molar-refractivity contribution >= 4 is 27.5 Å². The molecule has 2 rings (SSSR count). The molecular formula is C13H18ClN3O3S. The summed E-state index contributed by atoms with van der Waals surface area (Å²) in [6, 6.07) is 5.77. The number of hydrogen-bond donors (Lipinski definition) is 1. The summed E-state index contributed by atoms with van der Waals surface area (Å²) >= 11 is 5.96. The first-order valence-electron chi connectivity index (χ1n) is 6.63. The molecular weight excluding hydrogens is 314 g/mol. The average Bonchev–Trinajstić information content (AvgIpc) is 2.46. The smallest absolute Gasteiger partial charge is 0.244 e. The predicted molar refractivity (Wildman–Crippen MR) is 80.4 cm³/mol. The predicted octanol–water partition coefficient (Wildman–Crippen LogP) is 0.520. The molecule has 1 aliphatic heterocycles. The maximum atomic E-state index is 12.5. The summed E-state index contributed by atoms with van der Waals surface area (Å²) < 4.78 is 26.4. The first kappa shape index (κ1) is 16.2. The van der Waals surface area contributed by atoms with Crippen LogP contribution in [0.2, 0.25) is 5.02 Å². The Balaban J connectivity index is 2.12. The van der Waals surface area contributed by atoms with Crippen LogP contribution in [-0.4, -0.2) is 55.8 Å². The van der Waals surface area contributed by atoms with Gasteiger partial charge in [0.15, 0.2) is 0 Å². The number of piperazine rings is 1. The summed E-state index contributed by atoms with van der Waals surface area (Å²) in [4.78, 5) is 13.5. The summed E-state index contributed by atoms with van der Waals surface area (Å²) in [5, 5.41) is 0.201. The van der Waals surface area contributed by atoms with Crippen molar-refractivity contribution in [3.05, 3.63) is 29.3 Å². The zero-order valence-corrected chi connectivity index (χ0v) is 13.3. The number of carbonyl (C=O) groups is 1. The van der Waals surface area contributed by atoms with E-state index in [-0.39, 0.29) is 28.9 Å². The Morgan fingerprint density at radius 2 is 1.81 bits per heavy atom.